The predicted octanol–water partition coefficient (Wildman–Crippen LogP) is 2.72. The number of hydrogen-bond acceptors (Lipinski definition) is 6. The van der Waals surface area contributed by atoms with E-state index in [9.17, 15) is 16.8 Å². The van der Waals surface area contributed by atoms with Crippen molar-refractivity contribution in [3.8, 4) is 5.75 Å². The maximum Gasteiger partial charge on any atom is 0.183 e. The Labute approximate surface area is 179 Å². The quantitative estimate of drug-likeness (QED) is 0.726. The minimum Gasteiger partial charge on any atom is -0.496 e. The highest BCUT2D eigenvalue weighted by molar-refractivity contribution is 7.96. The van der Waals surface area contributed by atoms with Gasteiger partial charge in [-0.3, -0.25) is 0 Å². The number of nitrogens with one attached hydrogen (secondary N) is 1. The topological polar surface area (TPSA) is 89.5 Å². The second-order valence-electron chi connectivity index (χ2n) is 8.73. The molecule has 164 valence electrons. The maximum absolute atomic E-state index is 13.3. The van der Waals surface area contributed by atoms with E-state index in [0.29, 0.717) is 12.3 Å². The summed E-state index contributed by atoms with van der Waals surface area (Å²) in [6.45, 7) is 6.48. The molecule has 0 bridgehead atoms. The lowest BCUT2D eigenvalue weighted by atomic mass is 9.87. The summed E-state index contributed by atoms with van der Waals surface area (Å²) in [4.78, 5) is 0.154. The van der Waals surface area contributed by atoms with Crippen LogP contribution in [-0.4, -0.2) is 46.7 Å². The molecule has 0 spiro atoms. The predicted molar refractivity (Wildman–Crippen MR) is 118 cm³/mol. The average molecular weight is 452 g/mol. The van der Waals surface area contributed by atoms with Crippen molar-refractivity contribution in [1.82, 2.24) is 5.32 Å². The molecule has 0 saturated carbocycles. The molecule has 1 heterocycles. The van der Waals surface area contributed by atoms with Gasteiger partial charge in [-0.25, -0.2) is 16.8 Å². The Bertz CT molecular complexity index is 1100. The third-order valence-electron chi connectivity index (χ3n) is 5.50. The van der Waals surface area contributed by atoms with Gasteiger partial charge in [-0.2, -0.15) is 0 Å². The first-order chi connectivity index (χ1) is 13.9. The van der Waals surface area contributed by atoms with Crippen LogP contribution in [0.2, 0.25) is 0 Å². The van der Waals surface area contributed by atoms with E-state index in [2.05, 4.69) is 26.1 Å². The molecular formula is C22H29NO5S2. The van der Waals surface area contributed by atoms with E-state index in [-0.39, 0.29) is 21.8 Å². The summed E-state index contributed by atoms with van der Waals surface area (Å²) in [7, 11) is -5.71. The monoisotopic (exact) mass is 451 g/mol. The van der Waals surface area contributed by atoms with Gasteiger partial charge in [-0.15, -0.1) is 0 Å². The molecule has 1 aliphatic rings. The lowest BCUT2D eigenvalue weighted by Crippen LogP contribution is -2.43. The highest BCUT2D eigenvalue weighted by Crippen LogP contribution is 2.29. The number of methoxy groups -OCH3 is 1. The fourth-order valence-electron chi connectivity index (χ4n) is 3.72. The molecular weight excluding hydrogens is 422 g/mol. The Morgan fingerprint density at radius 1 is 1.03 bits per heavy atom. The van der Waals surface area contributed by atoms with E-state index < -0.39 is 31.0 Å². The molecule has 8 heteroatoms. The van der Waals surface area contributed by atoms with Crippen LogP contribution in [0.5, 0.6) is 5.75 Å². The largest absolute Gasteiger partial charge is 0.496 e. The van der Waals surface area contributed by atoms with Crippen LogP contribution in [0.4, 0.5) is 0 Å². The Morgan fingerprint density at radius 2 is 1.67 bits per heavy atom. The Balaban J connectivity index is 1.86. The summed E-state index contributed by atoms with van der Waals surface area (Å²) < 4.78 is 56.6. The average Bonchev–Trinajstić information content (AvgIpc) is 3.01. The highest BCUT2D eigenvalue weighted by atomic mass is 32.2. The molecule has 1 saturated heterocycles. The van der Waals surface area contributed by atoms with Crippen molar-refractivity contribution in [2.75, 3.05) is 18.6 Å². The third-order valence-corrected chi connectivity index (χ3v) is 9.66. The first-order valence-electron chi connectivity index (χ1n) is 9.84. The van der Waals surface area contributed by atoms with Gasteiger partial charge in [0.2, 0.25) is 0 Å². The van der Waals surface area contributed by atoms with Crippen molar-refractivity contribution >= 4 is 19.7 Å². The number of hydrogen-bond donors (Lipinski definition) is 1. The van der Waals surface area contributed by atoms with Crippen molar-refractivity contribution in [1.29, 1.82) is 0 Å². The van der Waals surface area contributed by atoms with E-state index in [1.54, 1.807) is 31.4 Å². The van der Waals surface area contributed by atoms with Crippen LogP contribution in [0.25, 0.3) is 0 Å². The first-order valence-corrected chi connectivity index (χ1v) is 13.2. The van der Waals surface area contributed by atoms with Crippen molar-refractivity contribution in [2.24, 2.45) is 0 Å². The Morgan fingerprint density at radius 3 is 2.27 bits per heavy atom. The lowest BCUT2D eigenvalue weighted by Gasteiger charge is -2.22. The molecule has 2 aromatic carbocycles. The SMILES string of the molecule is COc1ccccc1CN[C@H]1CS(=O)(=O)C[C@@H]1S(=O)(=O)c1ccc(C(C)(C)C)cc1. The number of ether oxygens (including phenoxy) is 1. The molecule has 6 nitrogen and oxygen atoms in total. The molecule has 0 amide bonds. The van der Waals surface area contributed by atoms with E-state index in [4.69, 9.17) is 4.74 Å². The molecule has 0 aromatic heterocycles. The van der Waals surface area contributed by atoms with Gasteiger partial charge in [-0.1, -0.05) is 51.1 Å². The number of para-hydroxylation sites is 1. The second kappa shape index (κ2) is 8.32. The van der Waals surface area contributed by atoms with Crippen LogP contribution in [-0.2, 0) is 31.6 Å². The Hall–Kier alpha value is -1.90. The van der Waals surface area contributed by atoms with Crippen molar-refractivity contribution in [3.05, 3.63) is 59.7 Å². The highest BCUT2D eigenvalue weighted by Gasteiger charge is 2.45. The van der Waals surface area contributed by atoms with E-state index >= 15 is 0 Å². The summed E-state index contributed by atoms with van der Waals surface area (Å²) in [5.74, 6) is 0.0922. The van der Waals surface area contributed by atoms with E-state index in [0.717, 1.165) is 11.1 Å². The summed E-state index contributed by atoms with van der Waals surface area (Å²) in [6, 6.07) is 13.5. The molecule has 2 aromatic rings. The maximum atomic E-state index is 13.3. The zero-order valence-corrected chi connectivity index (χ0v) is 19.4. The first kappa shape index (κ1) is 22.8. The third kappa shape index (κ3) is 4.87. The summed E-state index contributed by atoms with van der Waals surface area (Å²) in [5, 5.41) is 2.12. The molecule has 0 aliphatic carbocycles. The molecule has 3 rings (SSSR count). The van der Waals surface area contributed by atoms with Crippen LogP contribution >= 0.6 is 0 Å². The minimum atomic E-state index is -3.81. The van der Waals surface area contributed by atoms with Gasteiger partial charge in [0.15, 0.2) is 19.7 Å². The molecule has 0 radical (unpaired) electrons. The molecule has 2 atom stereocenters. The van der Waals surface area contributed by atoms with Crippen molar-refractivity contribution in [2.45, 2.75) is 48.9 Å². The fourth-order valence-corrected chi connectivity index (χ4v) is 8.44. The number of rotatable bonds is 6. The standard InChI is InChI=1S/C22H29NO5S2/c1-22(2,3)17-9-11-18(12-10-17)30(26,27)21-15-29(24,25)14-19(21)23-13-16-7-5-6-8-20(16)28-4/h5-12,19,21,23H,13-15H2,1-4H3/t19-,21-/m0/s1. The van der Waals surface area contributed by atoms with Gasteiger partial charge in [0.1, 0.15) is 5.75 Å². The number of benzene rings is 2. The van der Waals surface area contributed by atoms with Gasteiger partial charge >= 0.3 is 0 Å². The molecule has 1 N–H and O–H groups in total. The van der Waals surface area contributed by atoms with Crippen molar-refractivity contribution in [3.63, 3.8) is 0 Å². The van der Waals surface area contributed by atoms with Crippen LogP contribution in [0.3, 0.4) is 0 Å². The molecule has 0 unspecified atom stereocenters. The fraction of sp³-hybridized carbons (Fsp3) is 0.455. The van der Waals surface area contributed by atoms with Gasteiger partial charge in [0, 0.05) is 18.2 Å². The molecule has 30 heavy (non-hydrogen) atoms. The van der Waals surface area contributed by atoms with E-state index in [1.807, 2.05) is 24.3 Å². The van der Waals surface area contributed by atoms with Crippen LogP contribution in [0.15, 0.2) is 53.4 Å². The van der Waals surface area contributed by atoms with Gasteiger partial charge in [0.25, 0.3) is 0 Å². The van der Waals surface area contributed by atoms with Crippen molar-refractivity contribution < 1.29 is 21.6 Å². The van der Waals surface area contributed by atoms with Crippen LogP contribution in [0.1, 0.15) is 31.9 Å². The number of sulfone groups is 2. The summed E-state index contributed by atoms with van der Waals surface area (Å²) >= 11 is 0. The normalized spacial score (nSPS) is 21.5. The van der Waals surface area contributed by atoms with Gasteiger partial charge in [-0.05, 0) is 29.2 Å². The molecule has 1 aliphatic heterocycles. The summed E-state index contributed by atoms with van der Waals surface area (Å²) in [5.41, 5.74) is 1.76. The minimum absolute atomic E-state index is 0.0994. The lowest BCUT2D eigenvalue weighted by molar-refractivity contribution is 0.406. The molecule has 1 fully saturated rings. The second-order valence-corrected chi connectivity index (χ2v) is 13.1. The van der Waals surface area contributed by atoms with Gasteiger partial charge < -0.3 is 10.1 Å². The van der Waals surface area contributed by atoms with Crippen LogP contribution in [0, 0.1) is 0 Å². The summed E-state index contributed by atoms with van der Waals surface area (Å²) in [6.07, 6.45) is 0. The Kier molecular flexibility index (Phi) is 6.32. The van der Waals surface area contributed by atoms with Crippen LogP contribution < -0.4 is 10.1 Å². The zero-order chi connectivity index (χ0) is 22.2. The zero-order valence-electron chi connectivity index (χ0n) is 17.8. The smallest absolute Gasteiger partial charge is 0.183 e. The van der Waals surface area contributed by atoms with E-state index in [1.165, 1.54) is 0 Å². The van der Waals surface area contributed by atoms with Gasteiger partial charge in [0.05, 0.1) is 28.8 Å².